The summed E-state index contributed by atoms with van der Waals surface area (Å²) in [6, 6.07) is 5.64. The Bertz CT molecular complexity index is 512. The van der Waals surface area contributed by atoms with E-state index in [1.54, 1.807) is 6.92 Å². The summed E-state index contributed by atoms with van der Waals surface area (Å²) in [7, 11) is 0. The Morgan fingerprint density at radius 3 is 2.94 bits per heavy atom. The summed E-state index contributed by atoms with van der Waals surface area (Å²) in [4.78, 5) is 4.13. The van der Waals surface area contributed by atoms with Crippen molar-refractivity contribution in [3.05, 3.63) is 34.4 Å². The Balaban J connectivity index is 1.90. The van der Waals surface area contributed by atoms with Crippen molar-refractivity contribution in [2.24, 2.45) is 0 Å². The van der Waals surface area contributed by atoms with Crippen LogP contribution in [0.15, 0.2) is 27.2 Å². The molecule has 3 N–H and O–H groups in total. The molecule has 6 heteroatoms. The second-order valence-corrected chi connectivity index (χ2v) is 4.51. The van der Waals surface area contributed by atoms with Gasteiger partial charge >= 0.3 is 0 Å². The first-order valence-corrected chi connectivity index (χ1v) is 6.02. The van der Waals surface area contributed by atoms with Gasteiger partial charge in [-0.25, -0.2) is 0 Å². The fourth-order valence-electron chi connectivity index (χ4n) is 1.42. The molecule has 0 fully saturated rings. The second kappa shape index (κ2) is 5.18. The zero-order chi connectivity index (χ0) is 12.3. The highest BCUT2D eigenvalue weighted by molar-refractivity contribution is 9.10. The topological polar surface area (TPSA) is 77.0 Å². The summed E-state index contributed by atoms with van der Waals surface area (Å²) >= 11 is 3.44. The Hall–Kier alpha value is -1.56. The van der Waals surface area contributed by atoms with Gasteiger partial charge in [-0.3, -0.25) is 0 Å². The molecule has 0 spiro atoms. The average Bonchev–Trinajstić information content (AvgIpc) is 2.68. The number of aryl methyl sites for hydroxylation is 1. The summed E-state index contributed by atoms with van der Waals surface area (Å²) in [6.45, 7) is 2.53. The zero-order valence-electron chi connectivity index (χ0n) is 9.40. The van der Waals surface area contributed by atoms with E-state index in [9.17, 15) is 0 Å². The number of hydrogen-bond donors (Lipinski definition) is 2. The molecule has 5 nitrogen and oxygen atoms in total. The Kier molecular flexibility index (Phi) is 3.63. The van der Waals surface area contributed by atoms with Crippen molar-refractivity contribution in [2.45, 2.75) is 13.3 Å². The van der Waals surface area contributed by atoms with Crippen molar-refractivity contribution < 1.29 is 4.52 Å². The van der Waals surface area contributed by atoms with E-state index >= 15 is 0 Å². The normalized spacial score (nSPS) is 10.5. The van der Waals surface area contributed by atoms with E-state index in [2.05, 4.69) is 31.4 Å². The highest BCUT2D eigenvalue weighted by Gasteiger charge is 2.03. The van der Waals surface area contributed by atoms with Crippen molar-refractivity contribution in [1.82, 2.24) is 10.1 Å². The lowest BCUT2D eigenvalue weighted by Crippen LogP contribution is -2.05. The van der Waals surface area contributed by atoms with Crippen LogP contribution in [0.2, 0.25) is 0 Å². The lowest BCUT2D eigenvalue weighted by Gasteiger charge is -2.07. The highest BCUT2D eigenvalue weighted by Crippen LogP contribution is 2.24. The molecule has 1 aromatic carbocycles. The number of nitrogens with zero attached hydrogens (tertiary/aromatic N) is 2. The van der Waals surface area contributed by atoms with Gasteiger partial charge in [-0.05, 0) is 41.1 Å². The minimum atomic E-state index is 0.640. The molecular weight excluding hydrogens is 284 g/mol. The third-order valence-corrected chi connectivity index (χ3v) is 2.87. The van der Waals surface area contributed by atoms with Gasteiger partial charge in [-0.2, -0.15) is 4.98 Å². The molecule has 0 aliphatic rings. The Labute approximate surface area is 108 Å². The molecule has 1 heterocycles. The molecule has 0 saturated heterocycles. The van der Waals surface area contributed by atoms with E-state index in [0.717, 1.165) is 22.4 Å². The highest BCUT2D eigenvalue weighted by atomic mass is 79.9. The molecule has 90 valence electrons. The predicted octanol–water partition coefficient (Wildman–Crippen LogP) is 2.38. The van der Waals surface area contributed by atoms with Crippen LogP contribution >= 0.6 is 15.9 Å². The largest absolute Gasteiger partial charge is 0.399 e. The number of nitrogen functional groups attached to an aromatic ring is 1. The number of rotatable bonds is 4. The summed E-state index contributed by atoms with van der Waals surface area (Å²) in [5.74, 6) is 1.30. The second-order valence-electron chi connectivity index (χ2n) is 3.65. The number of nitrogens with one attached hydrogen (secondary N) is 1. The summed E-state index contributed by atoms with van der Waals surface area (Å²) in [5.41, 5.74) is 7.39. The molecule has 0 aliphatic heterocycles. The fraction of sp³-hybridized carbons (Fsp3) is 0.273. The van der Waals surface area contributed by atoms with Crippen molar-refractivity contribution in [3.8, 4) is 0 Å². The molecule has 0 radical (unpaired) electrons. The minimum Gasteiger partial charge on any atom is -0.399 e. The quantitative estimate of drug-likeness (QED) is 0.847. The number of halogens is 1. The third-order valence-electron chi connectivity index (χ3n) is 2.22. The molecule has 0 atom stereocenters. The Morgan fingerprint density at radius 1 is 1.47 bits per heavy atom. The maximum atomic E-state index is 5.66. The number of anilines is 2. The summed E-state index contributed by atoms with van der Waals surface area (Å²) in [5, 5.41) is 7.00. The molecule has 17 heavy (non-hydrogen) atoms. The molecule has 0 unspecified atom stereocenters. The first kappa shape index (κ1) is 11.9. The van der Waals surface area contributed by atoms with Crippen molar-refractivity contribution >= 4 is 27.3 Å². The van der Waals surface area contributed by atoms with Gasteiger partial charge in [0.15, 0.2) is 5.82 Å². The predicted molar refractivity (Wildman–Crippen MR) is 69.8 cm³/mol. The van der Waals surface area contributed by atoms with Crippen LogP contribution in [0.5, 0.6) is 0 Å². The summed E-state index contributed by atoms with van der Waals surface area (Å²) in [6.07, 6.45) is 0.692. The maximum Gasteiger partial charge on any atom is 0.228 e. The van der Waals surface area contributed by atoms with Crippen LogP contribution in [0.4, 0.5) is 11.4 Å². The van der Waals surface area contributed by atoms with Crippen molar-refractivity contribution in [2.75, 3.05) is 17.6 Å². The third kappa shape index (κ3) is 3.20. The van der Waals surface area contributed by atoms with Crippen molar-refractivity contribution in [1.29, 1.82) is 0 Å². The molecule has 0 aliphatic carbocycles. The van der Waals surface area contributed by atoms with Gasteiger partial charge < -0.3 is 15.6 Å². The number of benzene rings is 1. The first-order chi connectivity index (χ1) is 8.15. The molecule has 0 amide bonds. The molecule has 2 rings (SSSR count). The lowest BCUT2D eigenvalue weighted by atomic mass is 10.3. The standard InChI is InChI=1S/C11H13BrN4O/c1-7-15-11(17-16-7)4-5-14-10-3-2-8(13)6-9(10)12/h2-3,6,14H,4-5,13H2,1H3. The Morgan fingerprint density at radius 2 is 2.29 bits per heavy atom. The zero-order valence-corrected chi connectivity index (χ0v) is 11.0. The van der Waals surface area contributed by atoms with E-state index in [4.69, 9.17) is 10.3 Å². The smallest absolute Gasteiger partial charge is 0.228 e. The van der Waals surface area contributed by atoms with Gasteiger partial charge in [-0.15, -0.1) is 0 Å². The SMILES string of the molecule is Cc1noc(CCNc2ccc(N)cc2Br)n1. The average molecular weight is 297 g/mol. The van der Waals surface area contributed by atoms with E-state index in [1.807, 2.05) is 18.2 Å². The van der Waals surface area contributed by atoms with Crippen LogP contribution in [0, 0.1) is 6.92 Å². The van der Waals surface area contributed by atoms with Crippen LogP contribution in [-0.2, 0) is 6.42 Å². The minimum absolute atomic E-state index is 0.640. The van der Waals surface area contributed by atoms with Crippen molar-refractivity contribution in [3.63, 3.8) is 0 Å². The lowest BCUT2D eigenvalue weighted by molar-refractivity contribution is 0.377. The van der Waals surface area contributed by atoms with Crippen LogP contribution in [0.1, 0.15) is 11.7 Å². The number of nitrogens with two attached hydrogens (primary N) is 1. The number of aromatic nitrogens is 2. The van der Waals surface area contributed by atoms with E-state index in [1.165, 1.54) is 0 Å². The van der Waals surface area contributed by atoms with Gasteiger partial charge in [0.05, 0.1) is 0 Å². The molecule has 0 bridgehead atoms. The van der Waals surface area contributed by atoms with Gasteiger partial charge in [0.2, 0.25) is 5.89 Å². The molecule has 1 aromatic heterocycles. The van der Waals surface area contributed by atoms with Gasteiger partial charge in [-0.1, -0.05) is 5.16 Å². The molecular formula is C11H13BrN4O. The van der Waals surface area contributed by atoms with Gasteiger partial charge in [0, 0.05) is 28.8 Å². The summed E-state index contributed by atoms with van der Waals surface area (Å²) < 4.78 is 5.96. The van der Waals surface area contributed by atoms with Crippen LogP contribution in [-0.4, -0.2) is 16.7 Å². The maximum absolute atomic E-state index is 5.66. The van der Waals surface area contributed by atoms with E-state index < -0.39 is 0 Å². The van der Waals surface area contributed by atoms with Crippen LogP contribution in [0.25, 0.3) is 0 Å². The van der Waals surface area contributed by atoms with E-state index in [-0.39, 0.29) is 0 Å². The number of hydrogen-bond acceptors (Lipinski definition) is 5. The first-order valence-electron chi connectivity index (χ1n) is 5.23. The van der Waals surface area contributed by atoms with Gasteiger partial charge in [0.1, 0.15) is 0 Å². The van der Waals surface area contributed by atoms with Gasteiger partial charge in [0.25, 0.3) is 0 Å². The monoisotopic (exact) mass is 296 g/mol. The van der Waals surface area contributed by atoms with E-state index in [0.29, 0.717) is 18.1 Å². The molecule has 0 saturated carbocycles. The fourth-order valence-corrected chi connectivity index (χ4v) is 1.96. The van der Waals surface area contributed by atoms with Crippen LogP contribution in [0.3, 0.4) is 0 Å². The van der Waals surface area contributed by atoms with Crippen LogP contribution < -0.4 is 11.1 Å². The molecule has 2 aromatic rings.